The van der Waals surface area contributed by atoms with E-state index >= 15 is 0 Å². The molecule has 0 aliphatic rings. The molecule has 4 rings (SSSR count). The van der Waals surface area contributed by atoms with Crippen LogP contribution in [0.1, 0.15) is 15.9 Å². The number of methoxy groups -OCH3 is 1. The fourth-order valence-electron chi connectivity index (χ4n) is 3.71. The third kappa shape index (κ3) is 6.22. The van der Waals surface area contributed by atoms with Gasteiger partial charge in [-0.25, -0.2) is 4.39 Å². The van der Waals surface area contributed by atoms with Gasteiger partial charge < -0.3 is 25.0 Å². The van der Waals surface area contributed by atoms with Gasteiger partial charge in [0.2, 0.25) is 5.91 Å². The quantitative estimate of drug-likeness (QED) is 0.326. The monoisotopic (exact) mass is 532 g/mol. The molecule has 3 aromatic carbocycles. The Balaban J connectivity index is 1.50. The van der Waals surface area contributed by atoms with Crippen LogP contribution in [0, 0.1) is 5.82 Å². The molecule has 0 saturated carbocycles. The fourth-order valence-corrected chi connectivity index (χ4v) is 3.94. The molecule has 0 fully saturated rings. The van der Waals surface area contributed by atoms with Crippen LogP contribution in [0.15, 0.2) is 72.9 Å². The number of ether oxygens (including phenoxy) is 2. The number of nitrogens with zero attached hydrogens (tertiary/aromatic N) is 2. The molecule has 2 N–H and O–H groups in total. The van der Waals surface area contributed by atoms with Crippen molar-refractivity contribution in [1.82, 2.24) is 15.2 Å². The molecule has 1 aromatic heterocycles. The van der Waals surface area contributed by atoms with Crippen LogP contribution in [0.5, 0.6) is 17.2 Å². The minimum absolute atomic E-state index is 0.0432. The number of halogens is 1. The molecule has 194 valence electrons. The van der Waals surface area contributed by atoms with Gasteiger partial charge in [0.25, 0.3) is 5.91 Å². The van der Waals surface area contributed by atoms with E-state index in [9.17, 15) is 14.0 Å². The zero-order valence-electron chi connectivity index (χ0n) is 20.9. The number of hydrogen-bond acceptors (Lipinski definition) is 6. The van der Waals surface area contributed by atoms with E-state index in [0.29, 0.717) is 33.7 Å². The van der Waals surface area contributed by atoms with Gasteiger partial charge in [0.05, 0.1) is 24.6 Å². The number of fused-ring (bicyclic) bond motifs is 1. The van der Waals surface area contributed by atoms with E-state index in [2.05, 4.69) is 15.6 Å². The van der Waals surface area contributed by atoms with E-state index in [-0.39, 0.29) is 29.1 Å². The number of nitrogens with one attached hydrogen (secondary N) is 2. The number of hydrogen-bond donors (Lipinski definition) is 2. The van der Waals surface area contributed by atoms with Gasteiger partial charge in [0, 0.05) is 43.5 Å². The van der Waals surface area contributed by atoms with Crippen molar-refractivity contribution in [2.24, 2.45) is 0 Å². The Hall–Kier alpha value is -4.57. The molecule has 0 spiro atoms. The van der Waals surface area contributed by atoms with E-state index in [1.807, 2.05) is 30.3 Å². The second kappa shape index (κ2) is 11.7. The summed E-state index contributed by atoms with van der Waals surface area (Å²) in [5, 5.41) is 5.95. The summed E-state index contributed by atoms with van der Waals surface area (Å²) in [5.41, 5.74) is 2.03. The third-order valence-corrected chi connectivity index (χ3v) is 5.73. The highest BCUT2D eigenvalue weighted by atomic mass is 32.1. The van der Waals surface area contributed by atoms with Crippen molar-refractivity contribution in [3.05, 3.63) is 89.9 Å². The summed E-state index contributed by atoms with van der Waals surface area (Å²) in [6.07, 6.45) is 1.69. The largest absolute Gasteiger partial charge is 0.496 e. The van der Waals surface area contributed by atoms with Crippen molar-refractivity contribution < 1.29 is 23.5 Å². The minimum Gasteiger partial charge on any atom is -0.496 e. The van der Waals surface area contributed by atoms with Gasteiger partial charge in [-0.1, -0.05) is 30.3 Å². The Kier molecular flexibility index (Phi) is 8.12. The van der Waals surface area contributed by atoms with Crippen molar-refractivity contribution in [3.8, 4) is 17.2 Å². The average molecular weight is 533 g/mol. The molecule has 0 aliphatic carbocycles. The average Bonchev–Trinajstić information content (AvgIpc) is 2.89. The Morgan fingerprint density at radius 1 is 1.00 bits per heavy atom. The van der Waals surface area contributed by atoms with Crippen molar-refractivity contribution >= 4 is 45.7 Å². The highest BCUT2D eigenvalue weighted by molar-refractivity contribution is 7.80. The highest BCUT2D eigenvalue weighted by Gasteiger charge is 2.18. The standard InChI is InChI=1S/C28H25FN4O4S/c1-33(2)27(35)20-15-19-22(16-25(20)36-3)30-12-11-23(19)37-24-10-9-18(14-21(24)29)31-28(38)32-26(34)13-17-7-5-4-6-8-17/h4-12,14-16H,13H2,1-3H3,(H2,31,32,34,38). The number of carbonyl (C=O) groups excluding carboxylic acids is 2. The molecule has 0 atom stereocenters. The first-order chi connectivity index (χ1) is 18.2. The topological polar surface area (TPSA) is 92.8 Å². The number of aromatic nitrogens is 1. The lowest BCUT2D eigenvalue weighted by molar-refractivity contribution is -0.119. The van der Waals surface area contributed by atoms with Gasteiger partial charge in [-0.2, -0.15) is 0 Å². The first kappa shape index (κ1) is 26.5. The van der Waals surface area contributed by atoms with Gasteiger partial charge in [-0.3, -0.25) is 14.6 Å². The summed E-state index contributed by atoms with van der Waals surface area (Å²) < 4.78 is 26.2. The summed E-state index contributed by atoms with van der Waals surface area (Å²) in [4.78, 5) is 30.6. The number of amides is 2. The summed E-state index contributed by atoms with van der Waals surface area (Å²) in [6, 6.07) is 18.3. The molecule has 4 aromatic rings. The first-order valence-electron chi connectivity index (χ1n) is 11.6. The van der Waals surface area contributed by atoms with Crippen LogP contribution in [0.25, 0.3) is 10.9 Å². The Morgan fingerprint density at radius 2 is 1.76 bits per heavy atom. The molecule has 1 heterocycles. The second-order valence-corrected chi connectivity index (χ2v) is 8.90. The lowest BCUT2D eigenvalue weighted by Crippen LogP contribution is -2.35. The SMILES string of the molecule is COc1cc2nccc(Oc3ccc(NC(=S)NC(=O)Cc4ccccc4)cc3F)c2cc1C(=O)N(C)C. The molecule has 0 bridgehead atoms. The summed E-state index contributed by atoms with van der Waals surface area (Å²) in [5.74, 6) is -0.563. The van der Waals surface area contributed by atoms with Crippen LogP contribution < -0.4 is 20.1 Å². The van der Waals surface area contributed by atoms with Crippen LogP contribution in [0.2, 0.25) is 0 Å². The third-order valence-electron chi connectivity index (χ3n) is 5.53. The fraction of sp³-hybridized carbons (Fsp3) is 0.143. The van der Waals surface area contributed by atoms with E-state index in [0.717, 1.165) is 5.56 Å². The maximum Gasteiger partial charge on any atom is 0.257 e. The Labute approximate surface area is 224 Å². The molecule has 38 heavy (non-hydrogen) atoms. The number of carbonyl (C=O) groups is 2. The molecule has 0 saturated heterocycles. The van der Waals surface area contributed by atoms with Gasteiger partial charge >= 0.3 is 0 Å². The van der Waals surface area contributed by atoms with Gasteiger partial charge in [0.1, 0.15) is 11.5 Å². The Morgan fingerprint density at radius 3 is 2.45 bits per heavy atom. The molecule has 8 nitrogen and oxygen atoms in total. The molecule has 0 radical (unpaired) electrons. The van der Waals surface area contributed by atoms with E-state index in [4.69, 9.17) is 21.7 Å². The zero-order chi connectivity index (χ0) is 27.2. The first-order valence-corrected chi connectivity index (χ1v) is 12.0. The van der Waals surface area contributed by atoms with Crippen LogP contribution >= 0.6 is 12.2 Å². The number of anilines is 1. The van der Waals surface area contributed by atoms with Crippen molar-refractivity contribution in [2.75, 3.05) is 26.5 Å². The molecule has 0 aliphatic heterocycles. The molecule has 2 amide bonds. The number of pyridine rings is 1. The van der Waals surface area contributed by atoms with Crippen LogP contribution in [0.4, 0.5) is 10.1 Å². The van der Waals surface area contributed by atoms with Crippen LogP contribution in [-0.4, -0.2) is 48.0 Å². The number of thiocarbonyl (C=S) groups is 1. The summed E-state index contributed by atoms with van der Waals surface area (Å²) >= 11 is 5.19. The Bertz CT molecular complexity index is 1510. The maximum atomic E-state index is 15.0. The minimum atomic E-state index is -0.656. The van der Waals surface area contributed by atoms with E-state index in [1.54, 1.807) is 38.4 Å². The smallest absolute Gasteiger partial charge is 0.257 e. The molecular weight excluding hydrogens is 507 g/mol. The highest BCUT2D eigenvalue weighted by Crippen LogP contribution is 2.35. The van der Waals surface area contributed by atoms with Gasteiger partial charge in [-0.05, 0) is 42.0 Å². The predicted octanol–water partition coefficient (Wildman–Crippen LogP) is 4.93. The van der Waals surface area contributed by atoms with Crippen molar-refractivity contribution in [1.29, 1.82) is 0 Å². The number of benzene rings is 3. The lowest BCUT2D eigenvalue weighted by Gasteiger charge is -2.16. The predicted molar refractivity (Wildman–Crippen MR) is 147 cm³/mol. The maximum absolute atomic E-state index is 15.0. The zero-order valence-corrected chi connectivity index (χ0v) is 21.8. The van der Waals surface area contributed by atoms with Crippen molar-refractivity contribution in [2.45, 2.75) is 6.42 Å². The molecular formula is C28H25FN4O4S. The second-order valence-electron chi connectivity index (χ2n) is 8.49. The summed E-state index contributed by atoms with van der Waals surface area (Å²) in [6.45, 7) is 0. The van der Waals surface area contributed by atoms with E-state index < -0.39 is 5.82 Å². The van der Waals surface area contributed by atoms with Gasteiger partial charge in [0.15, 0.2) is 16.7 Å². The normalized spacial score (nSPS) is 10.5. The number of rotatable bonds is 7. The van der Waals surface area contributed by atoms with E-state index in [1.165, 1.54) is 30.3 Å². The lowest BCUT2D eigenvalue weighted by atomic mass is 10.1. The summed E-state index contributed by atoms with van der Waals surface area (Å²) in [7, 11) is 4.75. The molecule has 10 heteroatoms. The van der Waals surface area contributed by atoms with Gasteiger partial charge in [-0.15, -0.1) is 0 Å². The molecule has 0 unspecified atom stereocenters. The van der Waals surface area contributed by atoms with Crippen LogP contribution in [0.3, 0.4) is 0 Å². The van der Waals surface area contributed by atoms with Crippen LogP contribution in [-0.2, 0) is 11.2 Å². The van der Waals surface area contributed by atoms with Crippen molar-refractivity contribution in [3.63, 3.8) is 0 Å².